The Morgan fingerprint density at radius 1 is 1.47 bits per heavy atom. The second-order valence-corrected chi connectivity index (χ2v) is 5.66. The molecule has 1 saturated carbocycles. The number of carboxylic acids is 1. The summed E-state index contributed by atoms with van der Waals surface area (Å²) < 4.78 is 0. The van der Waals surface area contributed by atoms with Crippen LogP contribution in [0.1, 0.15) is 40.5 Å². The Bertz CT molecular complexity index is 232. The van der Waals surface area contributed by atoms with E-state index in [2.05, 4.69) is 18.7 Å². The van der Waals surface area contributed by atoms with Crippen LogP contribution in [-0.2, 0) is 4.79 Å². The zero-order chi connectivity index (χ0) is 11.6. The van der Waals surface area contributed by atoms with Gasteiger partial charge in [0.25, 0.3) is 0 Å². The van der Waals surface area contributed by atoms with Crippen molar-refractivity contribution in [3.8, 4) is 0 Å². The number of hydrogen-bond donors (Lipinski definition) is 1. The molecule has 0 unspecified atom stereocenters. The molecule has 1 fully saturated rings. The lowest BCUT2D eigenvalue weighted by molar-refractivity contribution is -0.148. The lowest BCUT2D eigenvalue weighted by atomic mass is 9.92. The number of carboxylic acid groups (broad SMARTS) is 1. The quantitative estimate of drug-likeness (QED) is 0.735. The zero-order valence-electron chi connectivity index (χ0n) is 10.3. The molecule has 1 rings (SSSR count). The first-order valence-electron chi connectivity index (χ1n) is 5.80. The smallest absolute Gasteiger partial charge is 0.310 e. The summed E-state index contributed by atoms with van der Waals surface area (Å²) in [6.07, 6.45) is 2.63. The van der Waals surface area contributed by atoms with Crippen LogP contribution in [0, 0.1) is 11.3 Å². The number of carbonyl (C=O) groups is 1. The highest BCUT2D eigenvalue weighted by Gasteiger charge is 2.33. The van der Waals surface area contributed by atoms with Crippen LogP contribution in [-0.4, -0.2) is 35.1 Å². The van der Waals surface area contributed by atoms with Crippen LogP contribution in [0.2, 0.25) is 0 Å². The van der Waals surface area contributed by atoms with Gasteiger partial charge in [-0.15, -0.1) is 0 Å². The topological polar surface area (TPSA) is 40.5 Å². The first-order chi connectivity index (χ1) is 6.83. The summed E-state index contributed by atoms with van der Waals surface area (Å²) in [6.45, 7) is 9.60. The number of aliphatic carboxylic acids is 1. The summed E-state index contributed by atoms with van der Waals surface area (Å²) in [5.74, 6) is 0.112. The molecule has 0 amide bonds. The number of nitrogens with zero attached hydrogens (tertiary/aromatic N) is 1. The Hall–Kier alpha value is -0.570. The molecule has 1 aliphatic carbocycles. The molecule has 0 atom stereocenters. The van der Waals surface area contributed by atoms with Crippen LogP contribution in [0.5, 0.6) is 0 Å². The van der Waals surface area contributed by atoms with Gasteiger partial charge in [0.15, 0.2) is 0 Å². The highest BCUT2D eigenvalue weighted by molar-refractivity contribution is 5.73. The minimum Gasteiger partial charge on any atom is -0.481 e. The molecule has 88 valence electrons. The van der Waals surface area contributed by atoms with Gasteiger partial charge < -0.3 is 5.11 Å². The van der Waals surface area contributed by atoms with Crippen LogP contribution in [0.15, 0.2) is 0 Å². The monoisotopic (exact) mass is 213 g/mol. The average Bonchev–Trinajstić information content (AvgIpc) is 2.86. The summed E-state index contributed by atoms with van der Waals surface area (Å²) in [6, 6.07) is 0.434. The molecule has 3 heteroatoms. The van der Waals surface area contributed by atoms with Crippen molar-refractivity contribution in [3.05, 3.63) is 0 Å². The molecule has 1 aliphatic rings. The van der Waals surface area contributed by atoms with Gasteiger partial charge in [0.05, 0.1) is 5.41 Å². The molecule has 0 saturated heterocycles. The van der Waals surface area contributed by atoms with Crippen molar-refractivity contribution in [1.29, 1.82) is 0 Å². The standard InChI is InChI=1S/C12H23NO2/c1-9(2)13(7-10-5-6-10)8-12(3,4)11(14)15/h9-10H,5-8H2,1-4H3,(H,14,15). The van der Waals surface area contributed by atoms with E-state index >= 15 is 0 Å². The Morgan fingerprint density at radius 3 is 2.33 bits per heavy atom. The van der Waals surface area contributed by atoms with E-state index in [9.17, 15) is 4.79 Å². The molecular weight excluding hydrogens is 190 g/mol. The normalized spacial score (nSPS) is 17.5. The van der Waals surface area contributed by atoms with Crippen LogP contribution in [0.4, 0.5) is 0 Å². The molecule has 0 heterocycles. The van der Waals surface area contributed by atoms with Gasteiger partial charge in [-0.05, 0) is 46.5 Å². The van der Waals surface area contributed by atoms with E-state index in [-0.39, 0.29) is 0 Å². The molecule has 0 aromatic heterocycles. The highest BCUT2D eigenvalue weighted by Crippen LogP contribution is 2.31. The van der Waals surface area contributed by atoms with E-state index in [0.717, 1.165) is 12.5 Å². The third-order valence-electron chi connectivity index (χ3n) is 3.10. The second kappa shape index (κ2) is 4.52. The Balaban J connectivity index is 2.52. The summed E-state index contributed by atoms with van der Waals surface area (Å²) in [5.41, 5.74) is -0.640. The highest BCUT2D eigenvalue weighted by atomic mass is 16.4. The largest absolute Gasteiger partial charge is 0.481 e. The van der Waals surface area contributed by atoms with E-state index in [1.54, 1.807) is 13.8 Å². The lowest BCUT2D eigenvalue weighted by Crippen LogP contribution is -2.43. The molecule has 0 aromatic rings. The zero-order valence-corrected chi connectivity index (χ0v) is 10.3. The van der Waals surface area contributed by atoms with Crippen molar-refractivity contribution in [2.75, 3.05) is 13.1 Å². The maximum atomic E-state index is 11.1. The van der Waals surface area contributed by atoms with E-state index < -0.39 is 11.4 Å². The van der Waals surface area contributed by atoms with Crippen LogP contribution >= 0.6 is 0 Å². The average molecular weight is 213 g/mol. The van der Waals surface area contributed by atoms with Crippen LogP contribution in [0.25, 0.3) is 0 Å². The minimum absolute atomic E-state index is 0.434. The van der Waals surface area contributed by atoms with Gasteiger partial charge in [0, 0.05) is 19.1 Å². The van der Waals surface area contributed by atoms with Gasteiger partial charge in [-0.25, -0.2) is 0 Å². The Labute approximate surface area is 92.5 Å². The van der Waals surface area contributed by atoms with E-state index in [1.165, 1.54) is 12.8 Å². The molecule has 0 aromatic carbocycles. The predicted octanol–water partition coefficient (Wildman–Crippen LogP) is 2.22. The van der Waals surface area contributed by atoms with Crippen molar-refractivity contribution in [1.82, 2.24) is 4.90 Å². The van der Waals surface area contributed by atoms with Crippen molar-refractivity contribution in [3.63, 3.8) is 0 Å². The van der Waals surface area contributed by atoms with Gasteiger partial charge in [-0.1, -0.05) is 0 Å². The molecular formula is C12H23NO2. The fourth-order valence-electron chi connectivity index (χ4n) is 1.67. The third kappa shape index (κ3) is 3.82. The van der Waals surface area contributed by atoms with Crippen LogP contribution in [0.3, 0.4) is 0 Å². The number of rotatable bonds is 6. The summed E-state index contributed by atoms with van der Waals surface area (Å²) in [5, 5.41) is 9.10. The van der Waals surface area contributed by atoms with Gasteiger partial charge >= 0.3 is 5.97 Å². The molecule has 0 bridgehead atoms. The summed E-state index contributed by atoms with van der Waals surface area (Å²) in [7, 11) is 0. The fourth-order valence-corrected chi connectivity index (χ4v) is 1.67. The predicted molar refractivity (Wildman–Crippen MR) is 60.8 cm³/mol. The number of hydrogen-bond acceptors (Lipinski definition) is 2. The van der Waals surface area contributed by atoms with E-state index in [1.807, 2.05) is 0 Å². The molecule has 0 radical (unpaired) electrons. The lowest BCUT2D eigenvalue weighted by Gasteiger charge is -2.32. The van der Waals surface area contributed by atoms with Gasteiger partial charge in [-0.2, -0.15) is 0 Å². The van der Waals surface area contributed by atoms with Crippen molar-refractivity contribution in [2.45, 2.75) is 46.6 Å². The van der Waals surface area contributed by atoms with Gasteiger partial charge in [0.1, 0.15) is 0 Å². The maximum absolute atomic E-state index is 11.1. The van der Waals surface area contributed by atoms with Crippen LogP contribution < -0.4 is 0 Å². The van der Waals surface area contributed by atoms with Gasteiger partial charge in [-0.3, -0.25) is 9.69 Å². The Morgan fingerprint density at radius 2 is 2.00 bits per heavy atom. The second-order valence-electron chi connectivity index (χ2n) is 5.66. The Kier molecular flexibility index (Phi) is 3.77. The van der Waals surface area contributed by atoms with Crippen molar-refractivity contribution < 1.29 is 9.90 Å². The van der Waals surface area contributed by atoms with E-state index in [4.69, 9.17) is 5.11 Å². The first kappa shape index (κ1) is 12.5. The molecule has 0 aliphatic heterocycles. The summed E-state index contributed by atoms with van der Waals surface area (Å²) in [4.78, 5) is 13.4. The van der Waals surface area contributed by atoms with Crippen molar-refractivity contribution in [2.24, 2.45) is 11.3 Å². The summed E-state index contributed by atoms with van der Waals surface area (Å²) >= 11 is 0. The molecule has 0 spiro atoms. The first-order valence-corrected chi connectivity index (χ1v) is 5.80. The molecule has 15 heavy (non-hydrogen) atoms. The van der Waals surface area contributed by atoms with Gasteiger partial charge in [0.2, 0.25) is 0 Å². The third-order valence-corrected chi connectivity index (χ3v) is 3.10. The maximum Gasteiger partial charge on any atom is 0.310 e. The SMILES string of the molecule is CC(C)N(CC1CC1)CC(C)(C)C(=O)O. The van der Waals surface area contributed by atoms with E-state index in [0.29, 0.717) is 12.6 Å². The molecule has 1 N–H and O–H groups in total. The molecule has 3 nitrogen and oxygen atoms in total. The minimum atomic E-state index is -0.705. The fraction of sp³-hybridized carbons (Fsp3) is 0.917. The van der Waals surface area contributed by atoms with Crippen molar-refractivity contribution >= 4 is 5.97 Å².